The zero-order valence-corrected chi connectivity index (χ0v) is 21.5. The Labute approximate surface area is 196 Å². The first kappa shape index (κ1) is 25.8. The number of aliphatic imine (C=N–C) groups is 1. The molecule has 0 aliphatic heterocycles. The fraction of sp³-hybridized carbons (Fsp3) is 0.650. The summed E-state index contributed by atoms with van der Waals surface area (Å²) in [4.78, 5) is 8.50. The molecular weight excluding hydrogens is 497 g/mol. The predicted octanol–water partition coefficient (Wildman–Crippen LogP) is 3.55. The van der Waals surface area contributed by atoms with Gasteiger partial charge in [0.15, 0.2) is 11.8 Å². The predicted molar refractivity (Wildman–Crippen MR) is 133 cm³/mol. The van der Waals surface area contributed by atoms with Crippen molar-refractivity contribution in [3.05, 3.63) is 34.0 Å². The minimum atomic E-state index is 0. The van der Waals surface area contributed by atoms with Crippen molar-refractivity contribution < 1.29 is 0 Å². The van der Waals surface area contributed by atoms with E-state index in [9.17, 15) is 0 Å². The van der Waals surface area contributed by atoms with Gasteiger partial charge in [0.25, 0.3) is 0 Å². The molecule has 2 rings (SSSR count). The van der Waals surface area contributed by atoms with Gasteiger partial charge in [-0.15, -0.1) is 45.5 Å². The maximum absolute atomic E-state index is 4.75. The number of aryl methyl sites for hydroxylation is 1. The van der Waals surface area contributed by atoms with Gasteiger partial charge in [-0.1, -0.05) is 19.9 Å². The highest BCUT2D eigenvalue weighted by molar-refractivity contribution is 14.0. The molecule has 164 valence electrons. The Kier molecular flexibility index (Phi) is 12.4. The highest BCUT2D eigenvalue weighted by Gasteiger charge is 2.09. The van der Waals surface area contributed by atoms with E-state index in [2.05, 4.69) is 64.0 Å². The largest absolute Gasteiger partial charge is 0.354 e. The van der Waals surface area contributed by atoms with E-state index in [1.54, 1.807) is 11.3 Å². The Morgan fingerprint density at radius 2 is 2.07 bits per heavy atom. The second-order valence-corrected chi connectivity index (χ2v) is 8.07. The van der Waals surface area contributed by atoms with E-state index in [0.717, 1.165) is 50.2 Å². The third kappa shape index (κ3) is 9.00. The lowest BCUT2D eigenvalue weighted by molar-refractivity contribution is 0.292. The molecule has 2 heterocycles. The summed E-state index contributed by atoms with van der Waals surface area (Å²) in [6.45, 7) is 13.3. The van der Waals surface area contributed by atoms with Crippen LogP contribution in [0.1, 0.15) is 50.1 Å². The Morgan fingerprint density at radius 1 is 1.31 bits per heavy atom. The molecule has 0 spiro atoms. The number of guanidine groups is 1. The number of nitrogens with zero attached hydrogens (tertiary/aromatic N) is 5. The van der Waals surface area contributed by atoms with E-state index < -0.39 is 0 Å². The Bertz CT molecular complexity index is 710. The number of hydrogen-bond acceptors (Lipinski definition) is 5. The second-order valence-electron chi connectivity index (χ2n) is 7.03. The minimum Gasteiger partial charge on any atom is -0.354 e. The molecule has 0 fully saturated rings. The van der Waals surface area contributed by atoms with Crippen molar-refractivity contribution in [2.75, 3.05) is 19.6 Å². The Balaban J connectivity index is 0.00000420. The first-order valence-electron chi connectivity index (χ1n) is 10.2. The summed E-state index contributed by atoms with van der Waals surface area (Å²) in [7, 11) is 1.97. The quantitative estimate of drug-likeness (QED) is 0.263. The number of rotatable bonds is 11. The second kappa shape index (κ2) is 13.9. The summed E-state index contributed by atoms with van der Waals surface area (Å²) >= 11 is 1.75. The van der Waals surface area contributed by atoms with Gasteiger partial charge >= 0.3 is 0 Å². The molecule has 2 aromatic rings. The minimum absolute atomic E-state index is 0. The fourth-order valence-corrected chi connectivity index (χ4v) is 3.59. The number of aromatic nitrogens is 3. The lowest BCUT2D eigenvalue weighted by Crippen LogP contribution is -2.42. The zero-order chi connectivity index (χ0) is 20.4. The van der Waals surface area contributed by atoms with Crippen LogP contribution in [0.3, 0.4) is 0 Å². The SMILES string of the molecule is CCN(CC)CCCC(C)NC(=NCc1nnc(C)n1C)NCc1cccs1.I. The van der Waals surface area contributed by atoms with Crippen molar-refractivity contribution in [2.24, 2.45) is 12.0 Å². The lowest BCUT2D eigenvalue weighted by Gasteiger charge is -2.21. The van der Waals surface area contributed by atoms with Crippen LogP contribution < -0.4 is 10.6 Å². The van der Waals surface area contributed by atoms with Gasteiger partial charge in [-0.3, -0.25) is 0 Å². The Morgan fingerprint density at radius 3 is 2.66 bits per heavy atom. The van der Waals surface area contributed by atoms with Crippen LogP contribution >= 0.6 is 35.3 Å². The van der Waals surface area contributed by atoms with E-state index in [0.29, 0.717) is 12.6 Å². The van der Waals surface area contributed by atoms with E-state index in [-0.39, 0.29) is 24.0 Å². The molecule has 29 heavy (non-hydrogen) atoms. The molecule has 1 unspecified atom stereocenters. The summed E-state index contributed by atoms with van der Waals surface area (Å²) in [6.07, 6.45) is 2.29. The monoisotopic (exact) mass is 533 g/mol. The van der Waals surface area contributed by atoms with Crippen LogP contribution in [-0.4, -0.2) is 51.3 Å². The third-order valence-electron chi connectivity index (χ3n) is 4.96. The molecule has 0 amide bonds. The van der Waals surface area contributed by atoms with Crippen LogP contribution in [-0.2, 0) is 20.1 Å². The highest BCUT2D eigenvalue weighted by atomic mass is 127. The molecular formula is C20H36IN7S. The van der Waals surface area contributed by atoms with E-state index >= 15 is 0 Å². The normalized spacial score (nSPS) is 12.7. The van der Waals surface area contributed by atoms with Crippen molar-refractivity contribution in [1.29, 1.82) is 0 Å². The smallest absolute Gasteiger partial charge is 0.192 e. The molecule has 0 aliphatic rings. The van der Waals surface area contributed by atoms with Gasteiger partial charge in [0, 0.05) is 18.0 Å². The van der Waals surface area contributed by atoms with Gasteiger partial charge in [0.2, 0.25) is 0 Å². The summed E-state index contributed by atoms with van der Waals surface area (Å²) in [5.74, 6) is 2.59. The molecule has 9 heteroatoms. The van der Waals surface area contributed by atoms with E-state index in [1.165, 1.54) is 11.3 Å². The number of nitrogens with one attached hydrogen (secondary N) is 2. The molecule has 0 aliphatic carbocycles. The van der Waals surface area contributed by atoms with Crippen LogP contribution in [0.25, 0.3) is 0 Å². The van der Waals surface area contributed by atoms with Crippen molar-refractivity contribution in [3.63, 3.8) is 0 Å². The van der Waals surface area contributed by atoms with Gasteiger partial charge in [-0.2, -0.15) is 0 Å². The molecule has 1 atom stereocenters. The van der Waals surface area contributed by atoms with Crippen LogP contribution in [0.15, 0.2) is 22.5 Å². The Hall–Kier alpha value is -1.20. The zero-order valence-electron chi connectivity index (χ0n) is 18.3. The van der Waals surface area contributed by atoms with Crippen molar-refractivity contribution in [3.8, 4) is 0 Å². The van der Waals surface area contributed by atoms with E-state index in [1.807, 2.05) is 18.5 Å². The lowest BCUT2D eigenvalue weighted by atomic mass is 10.2. The molecule has 2 N–H and O–H groups in total. The number of hydrogen-bond donors (Lipinski definition) is 2. The van der Waals surface area contributed by atoms with Crippen LogP contribution in [0.4, 0.5) is 0 Å². The van der Waals surface area contributed by atoms with Crippen molar-refractivity contribution >= 4 is 41.3 Å². The standard InChI is InChI=1S/C20H35N7S.HI/c1-6-27(7-2)12-8-10-16(3)23-20(21-14-18-11-9-13-28-18)22-15-19-25-24-17(4)26(19)5;/h9,11,13,16H,6-8,10,12,14-15H2,1-5H3,(H2,21,22,23);1H. The van der Waals surface area contributed by atoms with Crippen LogP contribution in [0, 0.1) is 6.92 Å². The summed E-state index contributed by atoms with van der Waals surface area (Å²) in [6, 6.07) is 4.56. The summed E-state index contributed by atoms with van der Waals surface area (Å²) < 4.78 is 1.98. The molecule has 0 aromatic carbocycles. The molecule has 7 nitrogen and oxygen atoms in total. The highest BCUT2D eigenvalue weighted by Crippen LogP contribution is 2.08. The third-order valence-corrected chi connectivity index (χ3v) is 5.84. The van der Waals surface area contributed by atoms with Gasteiger partial charge < -0.3 is 20.1 Å². The topological polar surface area (TPSA) is 70.4 Å². The van der Waals surface area contributed by atoms with E-state index in [4.69, 9.17) is 4.99 Å². The van der Waals surface area contributed by atoms with Crippen molar-refractivity contribution in [1.82, 2.24) is 30.3 Å². The molecule has 2 aromatic heterocycles. The summed E-state index contributed by atoms with van der Waals surface area (Å²) in [5, 5.41) is 17.4. The first-order valence-corrected chi connectivity index (χ1v) is 11.1. The molecule has 0 saturated heterocycles. The number of halogens is 1. The first-order chi connectivity index (χ1) is 13.5. The van der Waals surface area contributed by atoms with Crippen LogP contribution in [0.5, 0.6) is 0 Å². The maximum Gasteiger partial charge on any atom is 0.192 e. The molecule has 0 bridgehead atoms. The van der Waals surface area contributed by atoms with Gasteiger partial charge in [0.05, 0.1) is 6.54 Å². The molecule has 0 saturated carbocycles. The average Bonchev–Trinajstić information content (AvgIpc) is 3.32. The van der Waals surface area contributed by atoms with Gasteiger partial charge in [0.1, 0.15) is 12.4 Å². The van der Waals surface area contributed by atoms with Crippen LogP contribution in [0.2, 0.25) is 0 Å². The fourth-order valence-electron chi connectivity index (χ4n) is 2.94. The average molecular weight is 534 g/mol. The number of thiophene rings is 1. The maximum atomic E-state index is 4.75. The molecule has 0 radical (unpaired) electrons. The van der Waals surface area contributed by atoms with Crippen molar-refractivity contribution in [2.45, 2.75) is 59.7 Å². The summed E-state index contributed by atoms with van der Waals surface area (Å²) in [5.41, 5.74) is 0. The van der Waals surface area contributed by atoms with Gasteiger partial charge in [-0.25, -0.2) is 4.99 Å². The van der Waals surface area contributed by atoms with Gasteiger partial charge in [-0.05, 0) is 57.8 Å².